The molecule has 0 aliphatic rings. The van der Waals surface area contributed by atoms with Gasteiger partial charge >= 0.3 is 0 Å². The van der Waals surface area contributed by atoms with Crippen LogP contribution in [0.15, 0.2) is 54.6 Å². The van der Waals surface area contributed by atoms with Gasteiger partial charge in [-0.25, -0.2) is 0 Å². The zero-order valence-electron chi connectivity index (χ0n) is 13.3. The van der Waals surface area contributed by atoms with Crippen molar-refractivity contribution < 1.29 is 14.7 Å². The van der Waals surface area contributed by atoms with E-state index in [1.807, 2.05) is 45.2 Å². The second-order valence-electron chi connectivity index (χ2n) is 5.90. The van der Waals surface area contributed by atoms with E-state index < -0.39 is 5.60 Å². The molecule has 4 heteroatoms. The fourth-order valence-electron chi connectivity index (χ4n) is 2.05. The zero-order chi connectivity index (χ0) is 16.0. The summed E-state index contributed by atoms with van der Waals surface area (Å²) in [7, 11) is 1.90. The minimum atomic E-state index is -0.501. The van der Waals surface area contributed by atoms with Gasteiger partial charge in [0.05, 0.1) is 0 Å². The molecule has 0 aliphatic carbocycles. The first kappa shape index (κ1) is 16.3. The maximum atomic E-state index is 9.47. The molecule has 2 aromatic carbocycles. The van der Waals surface area contributed by atoms with Gasteiger partial charge in [-0.2, -0.15) is 5.06 Å². The SMILES string of the molecule is CN(Cc1ccccc1)OCC(C)(C)Oc1cccc(O)c1. The molecule has 0 aromatic heterocycles. The third kappa shape index (κ3) is 5.39. The van der Waals surface area contributed by atoms with Crippen molar-refractivity contribution in [2.75, 3.05) is 13.7 Å². The monoisotopic (exact) mass is 301 g/mol. The Morgan fingerprint density at radius 3 is 2.45 bits per heavy atom. The van der Waals surface area contributed by atoms with Crippen molar-refractivity contribution in [3.63, 3.8) is 0 Å². The van der Waals surface area contributed by atoms with E-state index in [0.717, 1.165) is 0 Å². The molecular formula is C18H23NO3. The highest BCUT2D eigenvalue weighted by atomic mass is 16.7. The van der Waals surface area contributed by atoms with Gasteiger partial charge in [0.2, 0.25) is 0 Å². The Balaban J connectivity index is 1.84. The van der Waals surface area contributed by atoms with Crippen LogP contribution < -0.4 is 4.74 Å². The van der Waals surface area contributed by atoms with E-state index in [1.165, 1.54) is 5.56 Å². The van der Waals surface area contributed by atoms with Gasteiger partial charge in [0.25, 0.3) is 0 Å². The molecule has 118 valence electrons. The summed E-state index contributed by atoms with van der Waals surface area (Å²) in [5.41, 5.74) is 0.690. The molecule has 0 bridgehead atoms. The number of hydroxylamine groups is 2. The molecule has 22 heavy (non-hydrogen) atoms. The predicted molar refractivity (Wildman–Crippen MR) is 86.7 cm³/mol. The first-order valence-electron chi connectivity index (χ1n) is 7.31. The summed E-state index contributed by atoms with van der Waals surface area (Å²) in [5.74, 6) is 0.815. The number of benzene rings is 2. The first-order chi connectivity index (χ1) is 10.4. The lowest BCUT2D eigenvalue weighted by atomic mass is 10.1. The summed E-state index contributed by atoms with van der Waals surface area (Å²) in [4.78, 5) is 5.76. The van der Waals surface area contributed by atoms with Crippen LogP contribution in [-0.2, 0) is 11.4 Å². The van der Waals surface area contributed by atoms with Gasteiger partial charge in [-0.1, -0.05) is 36.4 Å². The number of hydrogen-bond acceptors (Lipinski definition) is 4. The Bertz CT molecular complexity index is 584. The molecule has 0 spiro atoms. The van der Waals surface area contributed by atoms with Gasteiger partial charge in [0.1, 0.15) is 23.7 Å². The number of rotatable bonds is 7. The maximum absolute atomic E-state index is 9.47. The molecule has 4 nitrogen and oxygen atoms in total. The summed E-state index contributed by atoms with van der Waals surface area (Å²) >= 11 is 0. The van der Waals surface area contributed by atoms with Crippen molar-refractivity contribution >= 4 is 0 Å². The topological polar surface area (TPSA) is 41.9 Å². The number of hydrogen-bond donors (Lipinski definition) is 1. The smallest absolute Gasteiger partial charge is 0.129 e. The highest BCUT2D eigenvalue weighted by Gasteiger charge is 2.21. The molecule has 0 radical (unpaired) electrons. The molecule has 0 saturated carbocycles. The zero-order valence-corrected chi connectivity index (χ0v) is 13.3. The van der Waals surface area contributed by atoms with Crippen molar-refractivity contribution in [3.05, 3.63) is 60.2 Å². The maximum Gasteiger partial charge on any atom is 0.129 e. The third-order valence-corrected chi connectivity index (χ3v) is 3.09. The predicted octanol–water partition coefficient (Wildman–Crippen LogP) is 3.61. The second-order valence-corrected chi connectivity index (χ2v) is 5.90. The molecule has 0 fully saturated rings. The van der Waals surface area contributed by atoms with E-state index in [-0.39, 0.29) is 5.75 Å². The Kier molecular flexibility index (Phi) is 5.41. The van der Waals surface area contributed by atoms with Gasteiger partial charge in [-0.3, -0.25) is 4.84 Å². The van der Waals surface area contributed by atoms with Crippen LogP contribution in [0.25, 0.3) is 0 Å². The van der Waals surface area contributed by atoms with Crippen LogP contribution in [-0.4, -0.2) is 29.4 Å². The van der Waals surface area contributed by atoms with Crippen molar-refractivity contribution in [1.29, 1.82) is 0 Å². The number of nitrogens with zero attached hydrogens (tertiary/aromatic N) is 1. The molecular weight excluding hydrogens is 278 g/mol. The molecule has 0 amide bonds. The van der Waals surface area contributed by atoms with Crippen molar-refractivity contribution in [3.8, 4) is 11.5 Å². The Morgan fingerprint density at radius 1 is 1.05 bits per heavy atom. The average Bonchev–Trinajstić information content (AvgIpc) is 2.46. The van der Waals surface area contributed by atoms with E-state index in [2.05, 4.69) is 12.1 Å². The molecule has 0 aliphatic heterocycles. The van der Waals surface area contributed by atoms with E-state index >= 15 is 0 Å². The lowest BCUT2D eigenvalue weighted by Gasteiger charge is -2.28. The minimum Gasteiger partial charge on any atom is -0.508 e. The third-order valence-electron chi connectivity index (χ3n) is 3.09. The van der Waals surface area contributed by atoms with Gasteiger partial charge < -0.3 is 9.84 Å². The minimum absolute atomic E-state index is 0.190. The number of ether oxygens (including phenoxy) is 1. The number of phenolic OH excluding ortho intramolecular Hbond substituents is 1. The quantitative estimate of drug-likeness (QED) is 0.793. The van der Waals surface area contributed by atoms with Crippen molar-refractivity contribution in [2.45, 2.75) is 26.0 Å². The molecule has 0 heterocycles. The standard InChI is InChI=1S/C18H23NO3/c1-18(2,22-17-11-7-10-16(20)12-17)14-21-19(3)13-15-8-5-4-6-9-15/h4-12,20H,13-14H2,1-3H3. The summed E-state index contributed by atoms with van der Waals surface area (Å²) in [5, 5.41) is 11.3. The Hall–Kier alpha value is -2.04. The number of aromatic hydroxyl groups is 1. The summed E-state index contributed by atoms with van der Waals surface area (Å²) < 4.78 is 5.87. The summed E-state index contributed by atoms with van der Waals surface area (Å²) in [6.07, 6.45) is 0. The van der Waals surface area contributed by atoms with Gasteiger partial charge in [0.15, 0.2) is 0 Å². The Morgan fingerprint density at radius 2 is 1.77 bits per heavy atom. The van der Waals surface area contributed by atoms with E-state index in [9.17, 15) is 5.11 Å². The fraction of sp³-hybridized carbons (Fsp3) is 0.333. The van der Waals surface area contributed by atoms with E-state index in [1.54, 1.807) is 23.3 Å². The summed E-state index contributed by atoms with van der Waals surface area (Å²) in [6, 6.07) is 16.9. The van der Waals surface area contributed by atoms with Crippen LogP contribution in [0.1, 0.15) is 19.4 Å². The highest BCUT2D eigenvalue weighted by Crippen LogP contribution is 2.23. The average molecular weight is 301 g/mol. The van der Waals surface area contributed by atoms with Crippen LogP contribution in [0.5, 0.6) is 11.5 Å². The molecule has 1 N–H and O–H groups in total. The molecule has 0 saturated heterocycles. The molecule has 0 atom stereocenters. The largest absolute Gasteiger partial charge is 0.508 e. The normalized spacial score (nSPS) is 11.6. The second kappa shape index (κ2) is 7.29. The Labute approximate surface area is 131 Å². The van der Waals surface area contributed by atoms with Crippen LogP contribution in [0.2, 0.25) is 0 Å². The van der Waals surface area contributed by atoms with E-state index in [0.29, 0.717) is 18.9 Å². The number of phenols is 1. The first-order valence-corrected chi connectivity index (χ1v) is 7.31. The van der Waals surface area contributed by atoms with Crippen LogP contribution in [0.3, 0.4) is 0 Å². The van der Waals surface area contributed by atoms with Crippen molar-refractivity contribution in [2.24, 2.45) is 0 Å². The van der Waals surface area contributed by atoms with Gasteiger partial charge in [-0.05, 0) is 31.5 Å². The van der Waals surface area contributed by atoms with Crippen LogP contribution in [0, 0.1) is 0 Å². The summed E-state index contributed by atoms with van der Waals surface area (Å²) in [6.45, 7) is 5.02. The highest BCUT2D eigenvalue weighted by molar-refractivity contribution is 5.32. The van der Waals surface area contributed by atoms with Crippen LogP contribution in [0.4, 0.5) is 0 Å². The molecule has 2 rings (SSSR count). The van der Waals surface area contributed by atoms with Gasteiger partial charge in [-0.15, -0.1) is 0 Å². The van der Waals surface area contributed by atoms with Crippen molar-refractivity contribution in [1.82, 2.24) is 5.06 Å². The molecule has 0 unspecified atom stereocenters. The lowest BCUT2D eigenvalue weighted by molar-refractivity contribution is -0.180. The van der Waals surface area contributed by atoms with Crippen LogP contribution >= 0.6 is 0 Å². The lowest BCUT2D eigenvalue weighted by Crippen LogP contribution is -2.37. The fourth-order valence-corrected chi connectivity index (χ4v) is 2.05. The molecule has 2 aromatic rings. The van der Waals surface area contributed by atoms with Gasteiger partial charge in [0, 0.05) is 19.7 Å². The van der Waals surface area contributed by atoms with E-state index in [4.69, 9.17) is 9.57 Å².